The quantitative estimate of drug-likeness (QED) is 0.193. The summed E-state index contributed by atoms with van der Waals surface area (Å²) in [6.07, 6.45) is 22.8. The molecule has 8 nitrogen and oxygen atoms in total. The minimum Gasteiger partial charge on any atom is -0.354 e. The summed E-state index contributed by atoms with van der Waals surface area (Å²) < 4.78 is 0. The van der Waals surface area contributed by atoms with Gasteiger partial charge in [-0.2, -0.15) is 0 Å². The second kappa shape index (κ2) is 12.7. The molecule has 7 aromatic heterocycles. The Balaban J connectivity index is 0.00000348. The summed E-state index contributed by atoms with van der Waals surface area (Å²) in [6, 6.07) is 24.6. The Kier molecular flexibility index (Phi) is 7.81. The smallest absolute Gasteiger partial charge is 0.0737 e. The molecule has 8 bridgehead atoms. The summed E-state index contributed by atoms with van der Waals surface area (Å²) in [4.78, 5) is 35.2. The van der Waals surface area contributed by atoms with Gasteiger partial charge in [-0.1, -0.05) is 0 Å². The molecule has 0 amide bonds. The molecular formula is C40H26CoN8. The largest absolute Gasteiger partial charge is 0.354 e. The average Bonchev–Trinajstić information content (AvgIpc) is 3.98. The number of hydrogen-bond donors (Lipinski definition) is 2. The maximum absolute atomic E-state index is 5.29. The van der Waals surface area contributed by atoms with Crippen LogP contribution >= 0.6 is 0 Å². The van der Waals surface area contributed by atoms with E-state index in [9.17, 15) is 0 Å². The van der Waals surface area contributed by atoms with Gasteiger partial charge in [-0.3, -0.25) is 19.9 Å². The Morgan fingerprint density at radius 3 is 0.755 bits per heavy atom. The number of pyridine rings is 4. The van der Waals surface area contributed by atoms with Gasteiger partial charge < -0.3 is 9.97 Å². The third kappa shape index (κ3) is 5.46. The predicted molar refractivity (Wildman–Crippen MR) is 192 cm³/mol. The van der Waals surface area contributed by atoms with Crippen LogP contribution in [0.1, 0.15) is 22.8 Å². The van der Waals surface area contributed by atoms with Gasteiger partial charge in [0.1, 0.15) is 0 Å². The van der Waals surface area contributed by atoms with Crippen LogP contribution in [-0.4, -0.2) is 39.9 Å². The average molecular weight is 678 g/mol. The molecule has 0 spiro atoms. The number of aromatic amines is 2. The normalized spacial score (nSPS) is 11.8. The van der Waals surface area contributed by atoms with Crippen LogP contribution in [0.25, 0.3) is 90.9 Å². The van der Waals surface area contributed by atoms with E-state index in [0.717, 1.165) is 89.4 Å². The molecule has 235 valence electrons. The second-order valence-electron chi connectivity index (χ2n) is 11.4. The SMILES string of the molecule is C1=Cc2nc1c(-c1ccncc1)c1ccc([nH]1)c(-c1ccncc1)c1nc(c(-c3ccncc3)c3ccc([nH]3)c2-c2ccncc2)C=C1.[Co]. The summed E-state index contributed by atoms with van der Waals surface area (Å²) in [7, 11) is 0. The van der Waals surface area contributed by atoms with Gasteiger partial charge in [-0.05, 0) is 119 Å². The van der Waals surface area contributed by atoms with Crippen LogP contribution in [-0.2, 0) is 16.8 Å². The van der Waals surface area contributed by atoms with E-state index in [1.807, 2.05) is 98.1 Å². The third-order valence-corrected chi connectivity index (χ3v) is 8.63. The Bertz CT molecular complexity index is 2190. The molecule has 0 unspecified atom stereocenters. The zero-order valence-electron chi connectivity index (χ0n) is 25.9. The number of rotatable bonds is 4. The Morgan fingerprint density at radius 1 is 0.306 bits per heavy atom. The molecule has 0 aliphatic carbocycles. The summed E-state index contributed by atoms with van der Waals surface area (Å²) in [5.41, 5.74) is 15.0. The molecule has 49 heavy (non-hydrogen) atoms. The van der Waals surface area contributed by atoms with E-state index in [-0.39, 0.29) is 16.8 Å². The molecular weight excluding hydrogens is 651 g/mol. The number of nitrogens with one attached hydrogen (secondary N) is 2. The van der Waals surface area contributed by atoms with Crippen molar-refractivity contribution in [3.8, 4) is 44.5 Å². The first-order chi connectivity index (χ1) is 23.8. The standard InChI is InChI=1S/C40H26N8.Co/c1-2-30-38(26-11-19-42-20-12-26)32-5-6-34(47-32)40(28-15-23-44-24-16-28)36-8-7-35(48-36)39(27-13-21-43-22-14-27)33-4-3-31(46-33)37(29(1)45-30)25-9-17-41-18-10-25;/h1-24,45,48H;. The molecule has 7 aromatic rings. The molecule has 0 saturated carbocycles. The van der Waals surface area contributed by atoms with E-state index in [2.05, 4.69) is 78.5 Å². The maximum Gasteiger partial charge on any atom is 0.0737 e. The molecule has 2 aliphatic heterocycles. The first-order valence-corrected chi connectivity index (χ1v) is 15.6. The number of hydrogen-bond acceptors (Lipinski definition) is 6. The topological polar surface area (TPSA) is 109 Å². The minimum atomic E-state index is 0. The Hall–Kier alpha value is -6.29. The summed E-state index contributed by atoms with van der Waals surface area (Å²) in [5.74, 6) is 0. The van der Waals surface area contributed by atoms with Crippen LogP contribution in [0.4, 0.5) is 0 Å². The van der Waals surface area contributed by atoms with E-state index in [0.29, 0.717) is 0 Å². The number of aromatic nitrogens is 8. The van der Waals surface area contributed by atoms with Crippen molar-refractivity contribution >= 4 is 46.4 Å². The van der Waals surface area contributed by atoms with Crippen LogP contribution in [0.2, 0.25) is 0 Å². The molecule has 0 aromatic carbocycles. The Labute approximate surface area is 291 Å². The monoisotopic (exact) mass is 677 g/mol. The molecule has 0 fully saturated rings. The Morgan fingerprint density at radius 2 is 0.531 bits per heavy atom. The van der Waals surface area contributed by atoms with Gasteiger partial charge in [-0.15, -0.1) is 0 Å². The molecule has 9 heteroatoms. The van der Waals surface area contributed by atoms with Crippen molar-refractivity contribution in [2.75, 3.05) is 0 Å². The van der Waals surface area contributed by atoms with Gasteiger partial charge in [0.25, 0.3) is 0 Å². The first-order valence-electron chi connectivity index (χ1n) is 15.6. The van der Waals surface area contributed by atoms with E-state index >= 15 is 0 Å². The van der Waals surface area contributed by atoms with Crippen molar-refractivity contribution in [1.82, 2.24) is 39.9 Å². The third-order valence-electron chi connectivity index (χ3n) is 8.63. The van der Waals surface area contributed by atoms with Crippen molar-refractivity contribution in [2.24, 2.45) is 0 Å². The molecule has 9 rings (SSSR count). The molecule has 0 atom stereocenters. The van der Waals surface area contributed by atoms with Crippen LogP contribution in [0.15, 0.2) is 122 Å². The van der Waals surface area contributed by atoms with Gasteiger partial charge in [0.15, 0.2) is 0 Å². The summed E-state index contributed by atoms with van der Waals surface area (Å²) in [6.45, 7) is 0. The van der Waals surface area contributed by atoms with Crippen molar-refractivity contribution < 1.29 is 16.8 Å². The van der Waals surface area contributed by atoms with Gasteiger partial charge in [-0.25, -0.2) is 9.97 Å². The van der Waals surface area contributed by atoms with Crippen LogP contribution in [0.5, 0.6) is 0 Å². The van der Waals surface area contributed by atoms with E-state index in [1.165, 1.54) is 0 Å². The molecule has 2 aliphatic rings. The van der Waals surface area contributed by atoms with Gasteiger partial charge >= 0.3 is 0 Å². The fourth-order valence-corrected chi connectivity index (χ4v) is 6.49. The second-order valence-corrected chi connectivity index (χ2v) is 11.4. The van der Waals surface area contributed by atoms with Crippen LogP contribution in [0.3, 0.4) is 0 Å². The summed E-state index contributed by atoms with van der Waals surface area (Å²) >= 11 is 0. The maximum atomic E-state index is 5.29. The van der Waals surface area contributed by atoms with Gasteiger partial charge in [0, 0.05) is 111 Å². The van der Waals surface area contributed by atoms with Gasteiger partial charge in [0.05, 0.1) is 22.8 Å². The van der Waals surface area contributed by atoms with Crippen molar-refractivity contribution in [3.63, 3.8) is 0 Å². The van der Waals surface area contributed by atoms with E-state index in [1.54, 1.807) is 0 Å². The number of fused-ring (bicyclic) bond motifs is 8. The fraction of sp³-hybridized carbons (Fsp3) is 0. The minimum absolute atomic E-state index is 0. The first kappa shape index (κ1) is 30.1. The predicted octanol–water partition coefficient (Wildman–Crippen LogP) is 8.90. The van der Waals surface area contributed by atoms with Crippen LogP contribution in [0, 0.1) is 0 Å². The summed E-state index contributed by atoms with van der Waals surface area (Å²) in [5, 5.41) is 0. The van der Waals surface area contributed by atoms with Gasteiger partial charge in [0.2, 0.25) is 0 Å². The van der Waals surface area contributed by atoms with E-state index in [4.69, 9.17) is 9.97 Å². The molecule has 1 radical (unpaired) electrons. The van der Waals surface area contributed by atoms with Crippen molar-refractivity contribution in [3.05, 3.63) is 145 Å². The zero-order chi connectivity index (χ0) is 31.9. The van der Waals surface area contributed by atoms with Crippen molar-refractivity contribution in [2.45, 2.75) is 0 Å². The number of H-pyrrole nitrogens is 2. The van der Waals surface area contributed by atoms with Crippen LogP contribution < -0.4 is 0 Å². The van der Waals surface area contributed by atoms with E-state index < -0.39 is 0 Å². The molecule has 9 heterocycles. The molecule has 0 saturated heterocycles. The fourth-order valence-electron chi connectivity index (χ4n) is 6.49. The molecule has 2 N–H and O–H groups in total. The number of nitrogens with zero attached hydrogens (tertiary/aromatic N) is 6. The van der Waals surface area contributed by atoms with Crippen molar-refractivity contribution in [1.29, 1.82) is 0 Å². The zero-order valence-corrected chi connectivity index (χ0v) is 26.9.